The van der Waals surface area contributed by atoms with E-state index in [9.17, 15) is 4.79 Å². The molecule has 27 heavy (non-hydrogen) atoms. The van der Waals surface area contributed by atoms with Crippen molar-refractivity contribution < 1.29 is 14.1 Å². The number of aromatic nitrogens is 2. The molecule has 0 aliphatic heterocycles. The number of benzene rings is 1. The number of carbonyl (C=O) groups is 1. The summed E-state index contributed by atoms with van der Waals surface area (Å²) in [4.78, 5) is 19.9. The Bertz CT molecular complexity index is 938. The first-order chi connectivity index (χ1) is 13.1. The standard InChI is InChI=1S/C19H18ClN3O3S/c1-3-10-23(11-14-8-9-17(20)27-14)19(24)15-6-4-5-7-16(15)25-12-18-21-13(2)26-22-18/h3-9H,1,10-12H2,2H3. The molecule has 1 aromatic carbocycles. The van der Waals surface area contributed by atoms with Gasteiger partial charge in [0.15, 0.2) is 6.61 Å². The van der Waals surface area contributed by atoms with E-state index in [0.717, 1.165) is 4.88 Å². The number of ether oxygens (including phenoxy) is 1. The molecule has 0 unspecified atom stereocenters. The number of amides is 1. The Hall–Kier alpha value is -2.64. The van der Waals surface area contributed by atoms with E-state index in [1.54, 1.807) is 36.1 Å². The molecule has 140 valence electrons. The number of hydrogen-bond acceptors (Lipinski definition) is 6. The van der Waals surface area contributed by atoms with Gasteiger partial charge in [0.1, 0.15) is 5.75 Å². The van der Waals surface area contributed by atoms with Crippen LogP contribution in [-0.4, -0.2) is 27.5 Å². The highest BCUT2D eigenvalue weighted by molar-refractivity contribution is 7.16. The fourth-order valence-electron chi connectivity index (χ4n) is 2.48. The maximum atomic E-state index is 13.1. The molecular formula is C19H18ClN3O3S. The van der Waals surface area contributed by atoms with E-state index < -0.39 is 0 Å². The van der Waals surface area contributed by atoms with Gasteiger partial charge >= 0.3 is 0 Å². The molecule has 1 amide bonds. The third-order valence-electron chi connectivity index (χ3n) is 3.66. The molecule has 0 aliphatic carbocycles. The van der Waals surface area contributed by atoms with Crippen molar-refractivity contribution in [2.24, 2.45) is 0 Å². The molecule has 0 spiro atoms. The number of para-hydroxylation sites is 1. The van der Waals surface area contributed by atoms with Gasteiger partial charge in [0.05, 0.1) is 16.4 Å². The van der Waals surface area contributed by atoms with Crippen molar-refractivity contribution in [2.45, 2.75) is 20.1 Å². The van der Waals surface area contributed by atoms with Crippen LogP contribution in [0, 0.1) is 6.92 Å². The van der Waals surface area contributed by atoms with Crippen LogP contribution < -0.4 is 4.74 Å². The molecule has 2 aromatic heterocycles. The number of carbonyl (C=O) groups excluding carboxylic acids is 1. The quantitative estimate of drug-likeness (QED) is 0.518. The van der Waals surface area contributed by atoms with Gasteiger partial charge in [-0.3, -0.25) is 4.79 Å². The Morgan fingerprint density at radius 1 is 1.37 bits per heavy atom. The molecule has 0 saturated carbocycles. The lowest BCUT2D eigenvalue weighted by atomic mass is 10.1. The van der Waals surface area contributed by atoms with Gasteiger partial charge in [-0.2, -0.15) is 4.98 Å². The van der Waals surface area contributed by atoms with Crippen molar-refractivity contribution in [3.05, 3.63) is 75.5 Å². The first-order valence-corrected chi connectivity index (χ1v) is 9.41. The number of aryl methyl sites for hydroxylation is 1. The summed E-state index contributed by atoms with van der Waals surface area (Å²) in [7, 11) is 0. The second kappa shape index (κ2) is 8.83. The molecule has 0 saturated heterocycles. The number of hydrogen-bond donors (Lipinski definition) is 0. The summed E-state index contributed by atoms with van der Waals surface area (Å²) in [6.45, 7) is 6.42. The number of halogens is 1. The van der Waals surface area contributed by atoms with Gasteiger partial charge < -0.3 is 14.2 Å². The van der Waals surface area contributed by atoms with Gasteiger partial charge in [0.25, 0.3) is 5.91 Å². The molecule has 0 aliphatic rings. The summed E-state index contributed by atoms with van der Waals surface area (Å²) < 4.78 is 11.4. The molecule has 8 heteroatoms. The largest absolute Gasteiger partial charge is 0.485 e. The zero-order chi connectivity index (χ0) is 19.2. The van der Waals surface area contributed by atoms with E-state index in [-0.39, 0.29) is 12.5 Å². The zero-order valence-corrected chi connectivity index (χ0v) is 16.3. The summed E-state index contributed by atoms with van der Waals surface area (Å²) >= 11 is 7.45. The fourth-order valence-corrected chi connectivity index (χ4v) is 3.59. The van der Waals surface area contributed by atoms with Crippen LogP contribution in [0.15, 0.2) is 53.6 Å². The second-order valence-electron chi connectivity index (χ2n) is 5.69. The highest BCUT2D eigenvalue weighted by Gasteiger charge is 2.20. The van der Waals surface area contributed by atoms with Gasteiger partial charge in [-0.25, -0.2) is 0 Å². The Morgan fingerprint density at radius 3 is 2.85 bits per heavy atom. The number of nitrogens with zero attached hydrogens (tertiary/aromatic N) is 3. The third-order valence-corrected chi connectivity index (χ3v) is 4.87. The topological polar surface area (TPSA) is 68.5 Å². The van der Waals surface area contributed by atoms with Gasteiger partial charge in [0.2, 0.25) is 11.7 Å². The molecule has 0 bridgehead atoms. The van der Waals surface area contributed by atoms with E-state index >= 15 is 0 Å². The van der Waals surface area contributed by atoms with Gasteiger partial charge in [-0.15, -0.1) is 17.9 Å². The van der Waals surface area contributed by atoms with Crippen molar-refractivity contribution in [1.29, 1.82) is 0 Å². The van der Waals surface area contributed by atoms with E-state index in [2.05, 4.69) is 16.7 Å². The van der Waals surface area contributed by atoms with Gasteiger partial charge in [-0.05, 0) is 24.3 Å². The molecule has 6 nitrogen and oxygen atoms in total. The Morgan fingerprint density at radius 2 is 2.19 bits per heavy atom. The molecule has 0 radical (unpaired) electrons. The van der Waals surface area contributed by atoms with Crippen molar-refractivity contribution in [3.8, 4) is 5.75 Å². The Labute approximate surface area is 166 Å². The van der Waals surface area contributed by atoms with Crippen LogP contribution in [0.25, 0.3) is 0 Å². The fraction of sp³-hybridized carbons (Fsp3) is 0.211. The minimum atomic E-state index is -0.153. The maximum absolute atomic E-state index is 13.1. The van der Waals surface area contributed by atoms with Crippen LogP contribution in [0.1, 0.15) is 27.0 Å². The molecule has 3 rings (SSSR count). The monoisotopic (exact) mass is 403 g/mol. The smallest absolute Gasteiger partial charge is 0.258 e. The molecule has 0 fully saturated rings. The van der Waals surface area contributed by atoms with Crippen LogP contribution in [0.2, 0.25) is 4.34 Å². The average molecular weight is 404 g/mol. The molecular weight excluding hydrogens is 386 g/mol. The van der Waals surface area contributed by atoms with Crippen molar-refractivity contribution in [3.63, 3.8) is 0 Å². The summed E-state index contributed by atoms with van der Waals surface area (Å²) in [6, 6.07) is 10.8. The van der Waals surface area contributed by atoms with Crippen LogP contribution >= 0.6 is 22.9 Å². The average Bonchev–Trinajstić information content (AvgIpc) is 3.27. The van der Waals surface area contributed by atoms with Crippen molar-refractivity contribution in [1.82, 2.24) is 15.0 Å². The third kappa shape index (κ3) is 4.96. The number of thiophene rings is 1. The van der Waals surface area contributed by atoms with Gasteiger partial charge in [0, 0.05) is 18.3 Å². The van der Waals surface area contributed by atoms with Crippen LogP contribution in [0.5, 0.6) is 5.75 Å². The van der Waals surface area contributed by atoms with Crippen molar-refractivity contribution in [2.75, 3.05) is 6.54 Å². The van der Waals surface area contributed by atoms with Crippen molar-refractivity contribution >= 4 is 28.8 Å². The highest BCUT2D eigenvalue weighted by atomic mass is 35.5. The summed E-state index contributed by atoms with van der Waals surface area (Å²) in [6.07, 6.45) is 1.69. The predicted molar refractivity (Wildman–Crippen MR) is 104 cm³/mol. The SMILES string of the molecule is C=CCN(Cc1ccc(Cl)s1)C(=O)c1ccccc1OCc1noc(C)n1. The van der Waals surface area contributed by atoms with Crippen LogP contribution in [0.3, 0.4) is 0 Å². The molecule has 3 aromatic rings. The zero-order valence-electron chi connectivity index (χ0n) is 14.7. The first-order valence-electron chi connectivity index (χ1n) is 8.22. The normalized spacial score (nSPS) is 10.6. The van der Waals surface area contributed by atoms with Crippen LogP contribution in [-0.2, 0) is 13.2 Å². The maximum Gasteiger partial charge on any atom is 0.258 e. The van der Waals surface area contributed by atoms with E-state index in [4.69, 9.17) is 20.9 Å². The minimum absolute atomic E-state index is 0.115. The van der Waals surface area contributed by atoms with Gasteiger partial charge in [-0.1, -0.05) is 35.0 Å². The summed E-state index contributed by atoms with van der Waals surface area (Å²) in [5.74, 6) is 1.19. The molecule has 0 N–H and O–H groups in total. The Kier molecular flexibility index (Phi) is 6.26. The van der Waals surface area contributed by atoms with E-state index in [0.29, 0.717) is 40.5 Å². The highest BCUT2D eigenvalue weighted by Crippen LogP contribution is 2.25. The lowest BCUT2D eigenvalue weighted by molar-refractivity contribution is 0.0759. The lowest BCUT2D eigenvalue weighted by Gasteiger charge is -2.21. The van der Waals surface area contributed by atoms with E-state index in [1.165, 1.54) is 11.3 Å². The molecule has 2 heterocycles. The minimum Gasteiger partial charge on any atom is -0.485 e. The second-order valence-corrected chi connectivity index (χ2v) is 7.49. The first kappa shape index (κ1) is 19.1. The van der Waals surface area contributed by atoms with E-state index in [1.807, 2.05) is 18.2 Å². The summed E-state index contributed by atoms with van der Waals surface area (Å²) in [5, 5.41) is 3.80. The lowest BCUT2D eigenvalue weighted by Crippen LogP contribution is -2.30. The van der Waals surface area contributed by atoms with Crippen LogP contribution in [0.4, 0.5) is 0 Å². The predicted octanol–water partition coefficient (Wildman–Crippen LogP) is 4.50. The number of rotatable bonds is 8. The summed E-state index contributed by atoms with van der Waals surface area (Å²) in [5.41, 5.74) is 0.460. The molecule has 0 atom stereocenters. The Balaban J connectivity index is 1.78.